The van der Waals surface area contributed by atoms with Gasteiger partial charge < -0.3 is 4.90 Å². The zero-order valence-corrected chi connectivity index (χ0v) is 7.32. The molecule has 0 radical (unpaired) electrons. The summed E-state index contributed by atoms with van der Waals surface area (Å²) in [7, 11) is 0. The van der Waals surface area contributed by atoms with Gasteiger partial charge in [-0.05, 0) is 0 Å². The van der Waals surface area contributed by atoms with Crippen LogP contribution in [0.2, 0.25) is 0 Å². The van der Waals surface area contributed by atoms with Crippen LogP contribution in [0.15, 0.2) is 0 Å². The summed E-state index contributed by atoms with van der Waals surface area (Å²) in [6.07, 6.45) is 0.341. The number of alkyl halides is 4. The first-order valence-electron chi connectivity index (χ1n) is 3.24. The fraction of sp³-hybridized carbons (Fsp3) is 0.571. The molecule has 0 heterocycles. The Morgan fingerprint density at radius 1 is 1.54 bits per heavy atom. The summed E-state index contributed by atoms with van der Waals surface area (Å²) in [6.45, 7) is -1.74. The highest BCUT2D eigenvalue weighted by Gasteiger charge is 2.32. The Hall–Kier alpha value is -0.890. The number of rotatable bonds is 3. The van der Waals surface area contributed by atoms with Crippen molar-refractivity contribution in [3.8, 4) is 12.3 Å². The molecule has 0 rings (SSSR count). The molecule has 0 fully saturated rings. The van der Waals surface area contributed by atoms with Crippen molar-refractivity contribution < 1.29 is 18.0 Å². The summed E-state index contributed by atoms with van der Waals surface area (Å²) in [5.74, 6) is 0.628. The molecule has 0 saturated heterocycles. The van der Waals surface area contributed by atoms with Crippen LogP contribution in [-0.4, -0.2) is 36.0 Å². The summed E-state index contributed by atoms with van der Waals surface area (Å²) in [5, 5.41) is 0. The van der Waals surface area contributed by atoms with E-state index in [1.54, 1.807) is 0 Å². The minimum Gasteiger partial charge on any atom is -0.321 e. The summed E-state index contributed by atoms with van der Waals surface area (Å²) in [5.41, 5.74) is 0. The first-order valence-corrected chi connectivity index (χ1v) is 3.78. The molecular formula is C7H7ClF3NO. The predicted molar refractivity (Wildman–Crippen MR) is 42.2 cm³/mol. The van der Waals surface area contributed by atoms with Crippen LogP contribution in [0, 0.1) is 12.3 Å². The first kappa shape index (κ1) is 12.1. The lowest BCUT2D eigenvalue weighted by Gasteiger charge is -2.20. The van der Waals surface area contributed by atoms with Gasteiger partial charge in [-0.3, -0.25) is 4.79 Å². The third-order valence-electron chi connectivity index (χ3n) is 1.12. The molecule has 0 atom stereocenters. The highest BCUT2D eigenvalue weighted by atomic mass is 35.5. The lowest BCUT2D eigenvalue weighted by atomic mass is 10.4. The lowest BCUT2D eigenvalue weighted by Crippen LogP contribution is -2.39. The number of carbonyl (C=O) groups excluding carboxylic acids is 1. The van der Waals surface area contributed by atoms with Crippen molar-refractivity contribution in [1.82, 2.24) is 4.90 Å². The lowest BCUT2D eigenvalue weighted by molar-refractivity contribution is -0.158. The van der Waals surface area contributed by atoms with Crippen LogP contribution >= 0.6 is 11.6 Å². The van der Waals surface area contributed by atoms with Gasteiger partial charge in [0.25, 0.3) is 0 Å². The van der Waals surface area contributed by atoms with E-state index in [-0.39, 0.29) is 6.54 Å². The largest absolute Gasteiger partial charge is 0.406 e. The molecule has 0 aromatic heterocycles. The molecule has 74 valence electrons. The van der Waals surface area contributed by atoms with E-state index in [1.165, 1.54) is 0 Å². The molecular weight excluding hydrogens is 207 g/mol. The fourth-order valence-corrected chi connectivity index (χ4v) is 0.812. The summed E-state index contributed by atoms with van der Waals surface area (Å²) < 4.78 is 35.5. The number of carbonyl (C=O) groups is 1. The van der Waals surface area contributed by atoms with Crippen molar-refractivity contribution in [3.63, 3.8) is 0 Å². The molecule has 13 heavy (non-hydrogen) atoms. The number of nitrogens with zero attached hydrogens (tertiary/aromatic N) is 1. The van der Waals surface area contributed by atoms with Crippen molar-refractivity contribution in [2.75, 3.05) is 19.0 Å². The molecule has 0 aromatic rings. The van der Waals surface area contributed by atoms with Gasteiger partial charge in [0.15, 0.2) is 0 Å². The predicted octanol–water partition coefficient (Wildman–Crippen LogP) is 1.25. The second kappa shape index (κ2) is 4.97. The molecule has 0 N–H and O–H groups in total. The molecule has 0 bridgehead atoms. The van der Waals surface area contributed by atoms with Gasteiger partial charge >= 0.3 is 6.18 Å². The van der Waals surface area contributed by atoms with Crippen LogP contribution < -0.4 is 0 Å². The smallest absolute Gasteiger partial charge is 0.321 e. The molecule has 1 amide bonds. The monoisotopic (exact) mass is 213 g/mol. The SMILES string of the molecule is C#CCN(CC(F)(F)F)C(=O)CCl. The maximum absolute atomic E-state index is 11.8. The van der Waals surface area contributed by atoms with E-state index in [2.05, 4.69) is 0 Å². The van der Waals surface area contributed by atoms with Crippen LogP contribution in [0.25, 0.3) is 0 Å². The van der Waals surface area contributed by atoms with Gasteiger partial charge in [0.2, 0.25) is 5.91 Å². The Morgan fingerprint density at radius 3 is 2.38 bits per heavy atom. The van der Waals surface area contributed by atoms with Crippen LogP contribution in [0.5, 0.6) is 0 Å². The van der Waals surface area contributed by atoms with Gasteiger partial charge in [0.05, 0.1) is 6.54 Å². The maximum atomic E-state index is 11.8. The van der Waals surface area contributed by atoms with E-state index >= 15 is 0 Å². The number of hydrogen-bond donors (Lipinski definition) is 0. The van der Waals surface area contributed by atoms with E-state index in [0.717, 1.165) is 0 Å². The summed E-state index contributed by atoms with van der Waals surface area (Å²) in [4.78, 5) is 11.3. The van der Waals surface area contributed by atoms with Crippen molar-refractivity contribution in [2.45, 2.75) is 6.18 Å². The molecule has 0 aromatic carbocycles. The number of hydrogen-bond acceptors (Lipinski definition) is 1. The van der Waals surface area contributed by atoms with Gasteiger partial charge in [0.1, 0.15) is 12.4 Å². The highest BCUT2D eigenvalue weighted by molar-refractivity contribution is 6.27. The maximum Gasteiger partial charge on any atom is 0.406 e. The zero-order valence-electron chi connectivity index (χ0n) is 6.57. The molecule has 0 saturated carbocycles. The Bertz CT molecular complexity index is 221. The number of terminal acetylenes is 1. The van der Waals surface area contributed by atoms with Crippen LogP contribution in [0.4, 0.5) is 13.2 Å². The average Bonchev–Trinajstić information content (AvgIpc) is 2.00. The third kappa shape index (κ3) is 5.36. The Morgan fingerprint density at radius 2 is 2.08 bits per heavy atom. The summed E-state index contributed by atoms with van der Waals surface area (Å²) in [6, 6.07) is 0. The minimum absolute atomic E-state index is 0.384. The van der Waals surface area contributed by atoms with E-state index in [1.807, 2.05) is 5.92 Å². The molecule has 0 aliphatic carbocycles. The van der Waals surface area contributed by atoms with Crippen molar-refractivity contribution in [3.05, 3.63) is 0 Å². The zero-order chi connectivity index (χ0) is 10.5. The molecule has 0 unspecified atom stereocenters. The van der Waals surface area contributed by atoms with Crippen molar-refractivity contribution in [2.24, 2.45) is 0 Å². The van der Waals surface area contributed by atoms with E-state index in [0.29, 0.717) is 4.90 Å². The van der Waals surface area contributed by atoms with Crippen LogP contribution in [-0.2, 0) is 4.79 Å². The molecule has 2 nitrogen and oxygen atoms in total. The second-order valence-electron chi connectivity index (χ2n) is 2.20. The van der Waals surface area contributed by atoms with Crippen molar-refractivity contribution >= 4 is 17.5 Å². The van der Waals surface area contributed by atoms with Crippen LogP contribution in [0.3, 0.4) is 0 Å². The van der Waals surface area contributed by atoms with Gasteiger partial charge in [-0.2, -0.15) is 13.2 Å². The average molecular weight is 214 g/mol. The molecule has 0 spiro atoms. The molecule has 0 aliphatic heterocycles. The topological polar surface area (TPSA) is 20.3 Å². The fourth-order valence-electron chi connectivity index (χ4n) is 0.643. The summed E-state index contributed by atoms with van der Waals surface area (Å²) >= 11 is 5.08. The van der Waals surface area contributed by atoms with Gasteiger partial charge in [0, 0.05) is 0 Å². The van der Waals surface area contributed by atoms with E-state index in [4.69, 9.17) is 18.0 Å². The van der Waals surface area contributed by atoms with Gasteiger partial charge in [-0.25, -0.2) is 0 Å². The number of halogens is 4. The van der Waals surface area contributed by atoms with Crippen LogP contribution in [0.1, 0.15) is 0 Å². The highest BCUT2D eigenvalue weighted by Crippen LogP contribution is 2.16. The standard InChI is InChI=1S/C7H7ClF3NO/c1-2-3-12(6(13)4-8)5-7(9,10)11/h1H,3-5H2. The van der Waals surface area contributed by atoms with Crippen molar-refractivity contribution in [1.29, 1.82) is 0 Å². The number of amides is 1. The third-order valence-corrected chi connectivity index (χ3v) is 1.35. The Balaban J connectivity index is 4.28. The second-order valence-corrected chi connectivity index (χ2v) is 2.47. The van der Waals surface area contributed by atoms with E-state index in [9.17, 15) is 18.0 Å². The molecule has 6 heteroatoms. The Kier molecular flexibility index (Phi) is 4.63. The minimum atomic E-state index is -4.45. The Labute approximate surface area is 78.6 Å². The normalized spacial score (nSPS) is 10.7. The van der Waals surface area contributed by atoms with Gasteiger partial charge in [-0.1, -0.05) is 5.92 Å². The molecule has 0 aliphatic rings. The van der Waals surface area contributed by atoms with Gasteiger partial charge in [-0.15, -0.1) is 18.0 Å². The first-order chi connectivity index (χ1) is 5.90. The van der Waals surface area contributed by atoms with E-state index < -0.39 is 24.5 Å². The quantitative estimate of drug-likeness (QED) is 0.510.